The minimum absolute atomic E-state index is 0.214. The van der Waals surface area contributed by atoms with E-state index in [4.69, 9.17) is 0 Å². The summed E-state index contributed by atoms with van der Waals surface area (Å²) in [5, 5.41) is 5.76. The molecule has 2 aromatic carbocycles. The average Bonchev–Trinajstić information content (AvgIpc) is 3.45. The van der Waals surface area contributed by atoms with E-state index in [0.29, 0.717) is 12.1 Å². The van der Waals surface area contributed by atoms with Crippen molar-refractivity contribution in [2.75, 3.05) is 13.1 Å². The lowest BCUT2D eigenvalue weighted by Gasteiger charge is -2.35. The zero-order chi connectivity index (χ0) is 16.5. The van der Waals surface area contributed by atoms with Crippen molar-refractivity contribution in [1.82, 2.24) is 10.2 Å². The van der Waals surface area contributed by atoms with E-state index in [1.807, 2.05) is 0 Å². The summed E-state index contributed by atoms with van der Waals surface area (Å²) in [6.45, 7) is 4.31. The lowest BCUT2D eigenvalue weighted by Crippen LogP contribution is -2.41. The fourth-order valence-corrected chi connectivity index (χ4v) is 3.77. The maximum atomic E-state index is 12.2. The summed E-state index contributed by atoms with van der Waals surface area (Å²) in [5.41, 5.74) is 1.37. The topological polar surface area (TPSA) is 32.3 Å². The summed E-state index contributed by atoms with van der Waals surface area (Å²) < 4.78 is 0. The zero-order valence-electron chi connectivity index (χ0n) is 14.4. The Morgan fingerprint density at radius 3 is 2.46 bits per heavy atom. The molecule has 0 aromatic heterocycles. The van der Waals surface area contributed by atoms with Gasteiger partial charge < -0.3 is 5.32 Å². The number of likely N-dealkylation sites (tertiary alicyclic amines) is 1. The fourth-order valence-electron chi connectivity index (χ4n) is 3.77. The van der Waals surface area contributed by atoms with Gasteiger partial charge >= 0.3 is 0 Å². The zero-order valence-corrected chi connectivity index (χ0v) is 14.4. The van der Waals surface area contributed by atoms with E-state index >= 15 is 0 Å². The lowest BCUT2D eigenvalue weighted by molar-refractivity contribution is -0.126. The van der Waals surface area contributed by atoms with E-state index in [2.05, 4.69) is 59.6 Å². The number of rotatable bonds is 4. The van der Waals surface area contributed by atoms with Gasteiger partial charge in [-0.2, -0.15) is 0 Å². The quantitative estimate of drug-likeness (QED) is 0.926. The molecule has 2 aliphatic rings. The first-order chi connectivity index (χ1) is 11.7. The number of fused-ring (bicyclic) bond motifs is 1. The van der Waals surface area contributed by atoms with Crippen LogP contribution in [-0.4, -0.2) is 29.9 Å². The molecule has 1 N–H and O–H groups in total. The Morgan fingerprint density at radius 1 is 1.04 bits per heavy atom. The van der Waals surface area contributed by atoms with E-state index < -0.39 is 0 Å². The average molecular weight is 322 g/mol. The van der Waals surface area contributed by atoms with Gasteiger partial charge in [0.15, 0.2) is 0 Å². The number of carbonyl (C=O) groups is 1. The number of carbonyl (C=O) groups excluding carboxylic acids is 1. The van der Waals surface area contributed by atoms with Gasteiger partial charge in [-0.25, -0.2) is 0 Å². The number of benzene rings is 2. The van der Waals surface area contributed by atoms with Crippen molar-refractivity contribution in [2.24, 2.45) is 5.92 Å². The van der Waals surface area contributed by atoms with Crippen molar-refractivity contribution >= 4 is 16.7 Å². The number of hydrogen-bond donors (Lipinski definition) is 1. The van der Waals surface area contributed by atoms with Crippen LogP contribution < -0.4 is 5.32 Å². The van der Waals surface area contributed by atoms with Crippen LogP contribution in [0.2, 0.25) is 0 Å². The third-order valence-corrected chi connectivity index (χ3v) is 5.63. The SMILES string of the molecule is CC(c1ccc2ccccc2c1)N1CCC(C(=O)NC2CC2)CC1. The van der Waals surface area contributed by atoms with Crippen LogP contribution in [0.25, 0.3) is 10.8 Å². The van der Waals surface area contributed by atoms with Crippen molar-refractivity contribution in [3.63, 3.8) is 0 Å². The molecule has 1 saturated carbocycles. The second-order valence-electron chi connectivity index (χ2n) is 7.38. The van der Waals surface area contributed by atoms with Crippen LogP contribution in [0.15, 0.2) is 42.5 Å². The molecule has 0 bridgehead atoms. The Labute approximate surface area is 144 Å². The molecule has 0 radical (unpaired) electrons. The maximum Gasteiger partial charge on any atom is 0.223 e. The molecule has 1 aliphatic heterocycles. The van der Waals surface area contributed by atoms with E-state index in [0.717, 1.165) is 25.9 Å². The molecular weight excluding hydrogens is 296 g/mol. The first-order valence-electron chi connectivity index (χ1n) is 9.24. The largest absolute Gasteiger partial charge is 0.353 e. The van der Waals surface area contributed by atoms with Crippen LogP contribution in [0.5, 0.6) is 0 Å². The number of nitrogens with zero attached hydrogens (tertiary/aromatic N) is 1. The van der Waals surface area contributed by atoms with Crippen LogP contribution in [0, 0.1) is 5.92 Å². The van der Waals surface area contributed by atoms with Gasteiger partial charge in [-0.05, 0) is 68.1 Å². The highest BCUT2D eigenvalue weighted by Gasteiger charge is 2.31. The summed E-state index contributed by atoms with van der Waals surface area (Å²) >= 11 is 0. The monoisotopic (exact) mass is 322 g/mol. The summed E-state index contributed by atoms with van der Waals surface area (Å²) in [6.07, 6.45) is 4.31. The molecule has 3 nitrogen and oxygen atoms in total. The normalized spacial score (nSPS) is 20.9. The molecule has 1 unspecified atom stereocenters. The van der Waals surface area contributed by atoms with Crippen LogP contribution >= 0.6 is 0 Å². The van der Waals surface area contributed by atoms with Crippen molar-refractivity contribution in [3.05, 3.63) is 48.0 Å². The van der Waals surface area contributed by atoms with Gasteiger partial charge in [-0.3, -0.25) is 9.69 Å². The van der Waals surface area contributed by atoms with Crippen LogP contribution in [0.1, 0.15) is 44.2 Å². The molecule has 1 amide bonds. The summed E-state index contributed by atoms with van der Waals surface area (Å²) in [4.78, 5) is 14.7. The maximum absolute atomic E-state index is 12.2. The standard InChI is InChI=1S/C21H26N2O/c1-15(18-7-6-16-4-2-3-5-19(16)14-18)23-12-10-17(11-13-23)21(24)22-20-8-9-20/h2-7,14-15,17,20H,8-13H2,1H3,(H,22,24). The Hall–Kier alpha value is -1.87. The summed E-state index contributed by atoms with van der Waals surface area (Å²) in [7, 11) is 0. The first kappa shape index (κ1) is 15.6. The van der Waals surface area contributed by atoms with Gasteiger partial charge in [0.05, 0.1) is 0 Å². The van der Waals surface area contributed by atoms with Crippen LogP contribution in [0.3, 0.4) is 0 Å². The molecule has 2 aromatic rings. The van der Waals surface area contributed by atoms with E-state index in [9.17, 15) is 4.79 Å². The van der Waals surface area contributed by atoms with Gasteiger partial charge in [0.25, 0.3) is 0 Å². The molecule has 3 heteroatoms. The van der Waals surface area contributed by atoms with Gasteiger partial charge in [-0.15, -0.1) is 0 Å². The highest BCUT2D eigenvalue weighted by atomic mass is 16.2. The highest BCUT2D eigenvalue weighted by Crippen LogP contribution is 2.29. The Balaban J connectivity index is 1.39. The molecule has 0 spiro atoms. The number of nitrogens with one attached hydrogen (secondary N) is 1. The molecular formula is C21H26N2O. The molecule has 24 heavy (non-hydrogen) atoms. The molecule has 1 aliphatic carbocycles. The van der Waals surface area contributed by atoms with E-state index in [1.54, 1.807) is 0 Å². The molecule has 1 heterocycles. The predicted octanol–water partition coefficient (Wildman–Crippen LogP) is 3.89. The van der Waals surface area contributed by atoms with E-state index in [-0.39, 0.29) is 11.8 Å². The third kappa shape index (κ3) is 3.32. The lowest BCUT2D eigenvalue weighted by atomic mass is 9.93. The minimum atomic E-state index is 0.214. The molecule has 4 rings (SSSR count). The second-order valence-corrected chi connectivity index (χ2v) is 7.38. The van der Waals surface area contributed by atoms with Crippen molar-refractivity contribution in [3.8, 4) is 0 Å². The second kappa shape index (κ2) is 6.56. The number of hydrogen-bond acceptors (Lipinski definition) is 2. The third-order valence-electron chi connectivity index (χ3n) is 5.63. The van der Waals surface area contributed by atoms with Gasteiger partial charge in [0.1, 0.15) is 0 Å². The van der Waals surface area contributed by atoms with Gasteiger partial charge in [0.2, 0.25) is 5.91 Å². The Kier molecular flexibility index (Phi) is 4.28. The minimum Gasteiger partial charge on any atom is -0.353 e. The molecule has 1 saturated heterocycles. The number of piperidine rings is 1. The summed E-state index contributed by atoms with van der Waals surface area (Å²) in [5.74, 6) is 0.501. The molecule has 2 fully saturated rings. The van der Waals surface area contributed by atoms with Crippen molar-refractivity contribution in [2.45, 2.75) is 44.7 Å². The van der Waals surface area contributed by atoms with Crippen molar-refractivity contribution < 1.29 is 4.79 Å². The number of amides is 1. The smallest absolute Gasteiger partial charge is 0.223 e. The van der Waals surface area contributed by atoms with Crippen molar-refractivity contribution in [1.29, 1.82) is 0 Å². The highest BCUT2D eigenvalue weighted by molar-refractivity contribution is 5.83. The predicted molar refractivity (Wildman–Crippen MR) is 97.8 cm³/mol. The molecule has 1 atom stereocenters. The first-order valence-corrected chi connectivity index (χ1v) is 9.24. The fraction of sp³-hybridized carbons (Fsp3) is 0.476. The van der Waals surface area contributed by atoms with Crippen LogP contribution in [-0.2, 0) is 4.79 Å². The van der Waals surface area contributed by atoms with Crippen LogP contribution in [0.4, 0.5) is 0 Å². The van der Waals surface area contributed by atoms with Gasteiger partial charge in [-0.1, -0.05) is 36.4 Å². The van der Waals surface area contributed by atoms with E-state index in [1.165, 1.54) is 29.2 Å². The summed E-state index contributed by atoms with van der Waals surface area (Å²) in [6, 6.07) is 16.2. The molecule has 126 valence electrons. The Bertz CT molecular complexity index is 729. The van der Waals surface area contributed by atoms with Gasteiger partial charge in [0, 0.05) is 18.0 Å². The Morgan fingerprint density at radius 2 is 1.75 bits per heavy atom.